The van der Waals surface area contributed by atoms with Crippen LogP contribution in [0.2, 0.25) is 0 Å². The first-order valence-corrected chi connectivity index (χ1v) is 6.12. The maximum atomic E-state index is 5.70. The van der Waals surface area contributed by atoms with Crippen molar-refractivity contribution in [2.75, 3.05) is 29.6 Å². The fourth-order valence-electron chi connectivity index (χ4n) is 1.30. The van der Waals surface area contributed by atoms with Gasteiger partial charge < -0.3 is 20.8 Å². The van der Waals surface area contributed by atoms with Gasteiger partial charge in [0.2, 0.25) is 17.8 Å². The second-order valence-electron chi connectivity index (χ2n) is 4.08. The zero-order valence-electron chi connectivity index (χ0n) is 11.7. The van der Waals surface area contributed by atoms with E-state index in [4.69, 9.17) is 10.6 Å². The molecule has 9 heteroatoms. The lowest BCUT2D eigenvalue weighted by molar-refractivity contribution is 0.0701. The molecule has 0 radical (unpaired) electrons. The van der Waals surface area contributed by atoms with Crippen molar-refractivity contribution in [1.82, 2.24) is 20.4 Å². The summed E-state index contributed by atoms with van der Waals surface area (Å²) in [6.07, 6.45) is -0.617. The minimum Gasteiger partial charge on any atom is -0.354 e. The molecular formula is C10H22N8O. The molecule has 0 aromatic carbocycles. The summed E-state index contributed by atoms with van der Waals surface area (Å²) < 4.78 is 0. The van der Waals surface area contributed by atoms with E-state index >= 15 is 0 Å². The molecule has 0 aliphatic carbocycles. The number of anilines is 3. The highest BCUT2D eigenvalue weighted by Crippen LogP contribution is 2.10. The zero-order chi connectivity index (χ0) is 14.3. The van der Waals surface area contributed by atoms with Crippen LogP contribution in [-0.2, 0) is 4.84 Å². The number of rotatable bonds is 8. The van der Waals surface area contributed by atoms with Crippen molar-refractivity contribution in [2.24, 2.45) is 5.73 Å². The molecule has 0 bridgehead atoms. The standard InChI is InChI=1S/C10H22N8O/c1-5-12-8-15-9(13-6(2)3)17-10(16-8)14-7(11)18-19-4/h6-7,18H,5,11H2,1-4H3,(H3,12,13,14,15,16,17)/t7-/m1/s1. The molecular weight excluding hydrogens is 248 g/mol. The molecule has 1 heterocycles. The van der Waals surface area contributed by atoms with Gasteiger partial charge in [0.1, 0.15) is 0 Å². The maximum Gasteiger partial charge on any atom is 0.231 e. The van der Waals surface area contributed by atoms with Crippen LogP contribution in [0.3, 0.4) is 0 Å². The fraction of sp³-hybridized carbons (Fsp3) is 0.700. The highest BCUT2D eigenvalue weighted by Gasteiger charge is 2.09. The van der Waals surface area contributed by atoms with Crippen LogP contribution < -0.4 is 27.2 Å². The molecule has 9 nitrogen and oxygen atoms in total. The SMILES string of the molecule is CCNc1nc(NC(C)C)nc(N[C@@H](N)NOC)n1. The quantitative estimate of drug-likeness (QED) is 0.326. The molecule has 1 aromatic heterocycles. The van der Waals surface area contributed by atoms with Crippen LogP contribution in [0.1, 0.15) is 20.8 Å². The Morgan fingerprint density at radius 2 is 1.68 bits per heavy atom. The summed E-state index contributed by atoms with van der Waals surface area (Å²) in [6, 6.07) is 0.218. The van der Waals surface area contributed by atoms with Crippen molar-refractivity contribution >= 4 is 17.8 Å². The van der Waals surface area contributed by atoms with E-state index in [0.29, 0.717) is 24.4 Å². The topological polar surface area (TPSA) is 122 Å². The predicted molar refractivity (Wildman–Crippen MR) is 74.5 cm³/mol. The Bertz CT molecular complexity index is 386. The van der Waals surface area contributed by atoms with Crippen LogP contribution in [-0.4, -0.2) is 40.9 Å². The van der Waals surface area contributed by atoms with E-state index in [-0.39, 0.29) is 6.04 Å². The van der Waals surface area contributed by atoms with Crippen molar-refractivity contribution in [1.29, 1.82) is 0 Å². The van der Waals surface area contributed by atoms with Crippen molar-refractivity contribution in [3.8, 4) is 0 Å². The van der Waals surface area contributed by atoms with E-state index in [1.165, 1.54) is 7.11 Å². The first kappa shape index (κ1) is 15.3. The lowest BCUT2D eigenvalue weighted by atomic mass is 10.4. The van der Waals surface area contributed by atoms with Crippen LogP contribution in [0.15, 0.2) is 0 Å². The average molecular weight is 270 g/mol. The molecule has 0 aliphatic heterocycles. The van der Waals surface area contributed by atoms with Crippen LogP contribution in [0.25, 0.3) is 0 Å². The summed E-state index contributed by atoms with van der Waals surface area (Å²) in [5.74, 6) is 1.31. The van der Waals surface area contributed by atoms with Gasteiger partial charge in [-0.05, 0) is 20.8 Å². The van der Waals surface area contributed by atoms with Gasteiger partial charge in [0.25, 0.3) is 0 Å². The highest BCUT2D eigenvalue weighted by atomic mass is 16.6. The Morgan fingerprint density at radius 3 is 2.21 bits per heavy atom. The minimum absolute atomic E-state index is 0.218. The molecule has 6 N–H and O–H groups in total. The average Bonchev–Trinajstić information content (AvgIpc) is 2.28. The van der Waals surface area contributed by atoms with Gasteiger partial charge in [0.05, 0.1) is 7.11 Å². The summed E-state index contributed by atoms with van der Waals surface area (Å²) in [6.45, 7) is 6.68. The summed E-state index contributed by atoms with van der Waals surface area (Å²) in [4.78, 5) is 17.4. The predicted octanol–water partition coefficient (Wildman–Crippen LogP) is -0.0711. The molecule has 1 atom stereocenters. The summed E-state index contributed by atoms with van der Waals surface area (Å²) in [5, 5.41) is 9.00. The Hall–Kier alpha value is -1.71. The van der Waals surface area contributed by atoms with Gasteiger partial charge in [-0.15, -0.1) is 0 Å². The number of hydrogen-bond donors (Lipinski definition) is 5. The van der Waals surface area contributed by atoms with Crippen molar-refractivity contribution in [3.63, 3.8) is 0 Å². The molecule has 0 saturated heterocycles. The maximum absolute atomic E-state index is 5.70. The summed E-state index contributed by atoms with van der Waals surface area (Å²) in [7, 11) is 1.48. The second kappa shape index (κ2) is 7.67. The lowest BCUT2D eigenvalue weighted by Gasteiger charge is -2.16. The molecule has 1 rings (SSSR count). The van der Waals surface area contributed by atoms with E-state index in [1.807, 2.05) is 20.8 Å². The third-order valence-electron chi connectivity index (χ3n) is 1.92. The fourth-order valence-corrected chi connectivity index (χ4v) is 1.30. The second-order valence-corrected chi connectivity index (χ2v) is 4.08. The van der Waals surface area contributed by atoms with Crippen LogP contribution in [0.4, 0.5) is 17.8 Å². The van der Waals surface area contributed by atoms with Gasteiger partial charge in [0.15, 0.2) is 6.29 Å². The third-order valence-corrected chi connectivity index (χ3v) is 1.92. The Balaban J connectivity index is 2.85. The van der Waals surface area contributed by atoms with E-state index in [2.05, 4.69) is 36.4 Å². The molecule has 0 unspecified atom stereocenters. The molecule has 1 aromatic rings. The summed E-state index contributed by atoms with van der Waals surface area (Å²) >= 11 is 0. The summed E-state index contributed by atoms with van der Waals surface area (Å²) in [5.41, 5.74) is 8.23. The Labute approximate surface area is 112 Å². The minimum atomic E-state index is -0.617. The number of nitrogens with two attached hydrogens (primary N) is 1. The van der Waals surface area contributed by atoms with Crippen LogP contribution >= 0.6 is 0 Å². The smallest absolute Gasteiger partial charge is 0.231 e. The number of nitrogens with one attached hydrogen (secondary N) is 4. The Morgan fingerprint density at radius 1 is 1.11 bits per heavy atom. The molecule has 19 heavy (non-hydrogen) atoms. The van der Waals surface area contributed by atoms with Gasteiger partial charge in [0, 0.05) is 12.6 Å². The first-order chi connectivity index (χ1) is 9.05. The van der Waals surface area contributed by atoms with Crippen LogP contribution in [0, 0.1) is 0 Å². The molecule has 0 amide bonds. The molecule has 0 saturated carbocycles. The number of hydroxylamine groups is 1. The van der Waals surface area contributed by atoms with Crippen molar-refractivity contribution < 1.29 is 4.84 Å². The monoisotopic (exact) mass is 270 g/mol. The molecule has 108 valence electrons. The van der Waals surface area contributed by atoms with E-state index < -0.39 is 6.29 Å². The van der Waals surface area contributed by atoms with Crippen LogP contribution in [0.5, 0.6) is 0 Å². The Kier molecular flexibility index (Phi) is 6.19. The zero-order valence-corrected chi connectivity index (χ0v) is 11.7. The number of nitrogens with zero attached hydrogens (tertiary/aromatic N) is 3. The third kappa shape index (κ3) is 5.64. The number of aromatic nitrogens is 3. The molecule has 0 spiro atoms. The first-order valence-electron chi connectivity index (χ1n) is 6.12. The van der Waals surface area contributed by atoms with Gasteiger partial charge in [-0.3, -0.25) is 5.73 Å². The lowest BCUT2D eigenvalue weighted by Crippen LogP contribution is -2.43. The largest absolute Gasteiger partial charge is 0.354 e. The van der Waals surface area contributed by atoms with Gasteiger partial charge >= 0.3 is 0 Å². The van der Waals surface area contributed by atoms with Gasteiger partial charge in [-0.1, -0.05) is 0 Å². The molecule has 0 fully saturated rings. The van der Waals surface area contributed by atoms with Crippen molar-refractivity contribution in [2.45, 2.75) is 33.1 Å². The normalized spacial score (nSPS) is 12.3. The molecule has 0 aliphatic rings. The van der Waals surface area contributed by atoms with E-state index in [9.17, 15) is 0 Å². The van der Waals surface area contributed by atoms with E-state index in [0.717, 1.165) is 0 Å². The van der Waals surface area contributed by atoms with E-state index in [1.54, 1.807) is 0 Å². The number of hydrogen-bond acceptors (Lipinski definition) is 9. The highest BCUT2D eigenvalue weighted by molar-refractivity contribution is 5.42. The van der Waals surface area contributed by atoms with Crippen molar-refractivity contribution in [3.05, 3.63) is 0 Å². The van der Waals surface area contributed by atoms with Gasteiger partial charge in [-0.25, -0.2) is 0 Å². The van der Waals surface area contributed by atoms with Gasteiger partial charge in [-0.2, -0.15) is 20.4 Å².